The maximum Gasteiger partial charge on any atom is 0.305 e. The first kappa shape index (κ1) is 52.3. The van der Waals surface area contributed by atoms with E-state index in [0.717, 1.165) is 77.0 Å². The molecule has 3 N–H and O–H groups in total. The fourth-order valence-electron chi connectivity index (χ4n) is 7.04. The van der Waals surface area contributed by atoms with Gasteiger partial charge in [-0.15, -0.1) is 0 Å². The predicted octanol–water partition coefficient (Wildman–Crippen LogP) is 13.6. The minimum atomic E-state index is -0.858. The standard InChI is InChI=1S/C48H91NO5/c1-3-5-7-9-11-13-15-16-17-22-26-30-34-38-42-48(53)54-43-39-35-31-27-23-19-18-21-25-29-33-37-41-47(52)49-45(44-50)46(51)40-36-32-28-24-20-14-12-10-8-6-4-2/h19,23,36,40,45-46,50-51H,3-18,20-22,24-35,37-39,41-44H2,1-2H3,(H,49,52)/b23-19-,40-36+. The van der Waals surface area contributed by atoms with Crippen LogP contribution < -0.4 is 5.32 Å². The zero-order valence-electron chi connectivity index (χ0n) is 36.0. The molecular weight excluding hydrogens is 671 g/mol. The number of carbonyl (C=O) groups excluding carboxylic acids is 2. The number of esters is 1. The SMILES string of the molecule is CCCCCCCCCCC/C=C/C(O)C(CO)NC(=O)CCCCCCC/C=C\CCCCCOC(=O)CCCCCCCCCCCCCCCC. The van der Waals surface area contributed by atoms with E-state index in [9.17, 15) is 19.8 Å². The highest BCUT2D eigenvalue weighted by Gasteiger charge is 2.18. The van der Waals surface area contributed by atoms with Crippen molar-refractivity contribution in [3.05, 3.63) is 24.3 Å². The van der Waals surface area contributed by atoms with Crippen LogP contribution in [0.25, 0.3) is 0 Å². The van der Waals surface area contributed by atoms with Gasteiger partial charge in [-0.1, -0.05) is 192 Å². The fraction of sp³-hybridized carbons (Fsp3) is 0.875. The Morgan fingerprint density at radius 3 is 1.31 bits per heavy atom. The van der Waals surface area contributed by atoms with E-state index < -0.39 is 12.1 Å². The third-order valence-corrected chi connectivity index (χ3v) is 10.7. The normalized spacial score (nSPS) is 12.9. The van der Waals surface area contributed by atoms with E-state index in [1.807, 2.05) is 6.08 Å². The molecule has 2 unspecified atom stereocenters. The number of unbranched alkanes of at least 4 members (excludes halogenated alkanes) is 30. The van der Waals surface area contributed by atoms with Crippen molar-refractivity contribution in [1.29, 1.82) is 0 Å². The molecule has 6 heteroatoms. The number of allylic oxidation sites excluding steroid dienone is 3. The molecule has 0 aromatic rings. The first-order valence-electron chi connectivity index (χ1n) is 23.6. The first-order chi connectivity index (χ1) is 26.5. The second kappa shape index (κ2) is 44.1. The Labute approximate surface area is 335 Å². The second-order valence-corrected chi connectivity index (χ2v) is 16.1. The zero-order chi connectivity index (χ0) is 39.4. The second-order valence-electron chi connectivity index (χ2n) is 16.1. The van der Waals surface area contributed by atoms with E-state index in [1.165, 1.54) is 141 Å². The highest BCUT2D eigenvalue weighted by Crippen LogP contribution is 2.15. The van der Waals surface area contributed by atoms with Crippen LogP contribution in [0.2, 0.25) is 0 Å². The highest BCUT2D eigenvalue weighted by atomic mass is 16.5. The Kier molecular flexibility index (Phi) is 42.7. The molecule has 0 fully saturated rings. The lowest BCUT2D eigenvalue weighted by molar-refractivity contribution is -0.143. The van der Waals surface area contributed by atoms with Gasteiger partial charge in [0.05, 0.1) is 25.4 Å². The summed E-state index contributed by atoms with van der Waals surface area (Å²) >= 11 is 0. The monoisotopic (exact) mass is 762 g/mol. The summed E-state index contributed by atoms with van der Waals surface area (Å²) in [7, 11) is 0. The van der Waals surface area contributed by atoms with Gasteiger partial charge in [0.15, 0.2) is 0 Å². The van der Waals surface area contributed by atoms with E-state index in [1.54, 1.807) is 6.08 Å². The van der Waals surface area contributed by atoms with Gasteiger partial charge in [-0.3, -0.25) is 9.59 Å². The molecule has 54 heavy (non-hydrogen) atoms. The molecule has 0 aromatic carbocycles. The van der Waals surface area contributed by atoms with Crippen LogP contribution in [-0.2, 0) is 14.3 Å². The molecule has 1 amide bonds. The van der Waals surface area contributed by atoms with E-state index in [-0.39, 0.29) is 18.5 Å². The molecule has 318 valence electrons. The van der Waals surface area contributed by atoms with Gasteiger partial charge in [0, 0.05) is 12.8 Å². The Bertz CT molecular complexity index is 843. The molecule has 0 aliphatic rings. The van der Waals surface area contributed by atoms with Gasteiger partial charge >= 0.3 is 5.97 Å². The molecule has 0 aliphatic carbocycles. The van der Waals surface area contributed by atoms with Gasteiger partial charge < -0.3 is 20.3 Å². The summed E-state index contributed by atoms with van der Waals surface area (Å²) in [5, 5.41) is 22.9. The van der Waals surface area contributed by atoms with Gasteiger partial charge in [-0.05, 0) is 64.2 Å². The molecule has 2 atom stereocenters. The zero-order valence-corrected chi connectivity index (χ0v) is 36.0. The van der Waals surface area contributed by atoms with Gasteiger partial charge in [0.25, 0.3) is 0 Å². The van der Waals surface area contributed by atoms with Crippen molar-refractivity contribution in [2.75, 3.05) is 13.2 Å². The molecule has 0 aliphatic heterocycles. The van der Waals surface area contributed by atoms with Crippen molar-refractivity contribution in [2.45, 2.75) is 257 Å². The van der Waals surface area contributed by atoms with Crippen molar-refractivity contribution in [1.82, 2.24) is 5.32 Å². The Balaban J connectivity index is 3.53. The van der Waals surface area contributed by atoms with Gasteiger partial charge in [-0.25, -0.2) is 0 Å². The molecule has 0 rings (SSSR count). The number of amides is 1. The molecule has 0 spiro atoms. The molecule has 6 nitrogen and oxygen atoms in total. The van der Waals surface area contributed by atoms with Crippen molar-refractivity contribution >= 4 is 11.9 Å². The fourth-order valence-corrected chi connectivity index (χ4v) is 7.04. The molecule has 0 saturated heterocycles. The van der Waals surface area contributed by atoms with Gasteiger partial charge in [0.2, 0.25) is 5.91 Å². The van der Waals surface area contributed by atoms with Gasteiger partial charge in [-0.2, -0.15) is 0 Å². The van der Waals surface area contributed by atoms with Crippen molar-refractivity contribution in [3.63, 3.8) is 0 Å². The van der Waals surface area contributed by atoms with Crippen LogP contribution in [0.4, 0.5) is 0 Å². The summed E-state index contributed by atoms with van der Waals surface area (Å²) < 4.78 is 5.43. The number of aliphatic hydroxyl groups is 2. The van der Waals surface area contributed by atoms with E-state index in [0.29, 0.717) is 19.4 Å². The van der Waals surface area contributed by atoms with Crippen LogP contribution in [-0.4, -0.2) is 47.4 Å². The summed E-state index contributed by atoms with van der Waals surface area (Å²) in [6.07, 6.45) is 50.2. The van der Waals surface area contributed by atoms with Crippen LogP contribution in [0.3, 0.4) is 0 Å². The number of aliphatic hydroxyl groups excluding tert-OH is 2. The highest BCUT2D eigenvalue weighted by molar-refractivity contribution is 5.76. The number of carbonyl (C=O) groups is 2. The summed E-state index contributed by atoms with van der Waals surface area (Å²) in [6, 6.07) is -0.644. The van der Waals surface area contributed by atoms with E-state index in [2.05, 4.69) is 31.3 Å². The summed E-state index contributed by atoms with van der Waals surface area (Å²) in [5.74, 6) is -0.119. The number of nitrogens with one attached hydrogen (secondary N) is 1. The molecular formula is C48H91NO5. The van der Waals surface area contributed by atoms with E-state index in [4.69, 9.17) is 4.74 Å². The van der Waals surface area contributed by atoms with Crippen LogP contribution in [0, 0.1) is 0 Å². The average Bonchev–Trinajstić information content (AvgIpc) is 3.17. The molecule has 0 bridgehead atoms. The molecule has 0 heterocycles. The lowest BCUT2D eigenvalue weighted by Crippen LogP contribution is -2.45. The molecule has 0 radical (unpaired) electrons. The quantitative estimate of drug-likeness (QED) is 0.0327. The summed E-state index contributed by atoms with van der Waals surface area (Å²) in [6.45, 7) is 4.82. The molecule has 0 aromatic heterocycles. The topological polar surface area (TPSA) is 95.9 Å². The third-order valence-electron chi connectivity index (χ3n) is 10.7. The van der Waals surface area contributed by atoms with Crippen molar-refractivity contribution < 1.29 is 24.5 Å². The van der Waals surface area contributed by atoms with E-state index >= 15 is 0 Å². The lowest BCUT2D eigenvalue weighted by atomic mass is 10.0. The summed E-state index contributed by atoms with van der Waals surface area (Å²) in [4.78, 5) is 24.4. The summed E-state index contributed by atoms with van der Waals surface area (Å²) in [5.41, 5.74) is 0. The lowest BCUT2D eigenvalue weighted by Gasteiger charge is -2.20. The smallest absolute Gasteiger partial charge is 0.305 e. The van der Waals surface area contributed by atoms with Crippen LogP contribution in [0.15, 0.2) is 24.3 Å². The first-order valence-corrected chi connectivity index (χ1v) is 23.6. The van der Waals surface area contributed by atoms with Gasteiger partial charge in [0.1, 0.15) is 0 Å². The Morgan fingerprint density at radius 1 is 0.500 bits per heavy atom. The predicted molar refractivity (Wildman–Crippen MR) is 232 cm³/mol. The number of ether oxygens (including phenoxy) is 1. The molecule has 0 saturated carbocycles. The minimum absolute atomic E-state index is 0.0230. The maximum atomic E-state index is 12.4. The van der Waals surface area contributed by atoms with Crippen molar-refractivity contribution in [2.24, 2.45) is 0 Å². The van der Waals surface area contributed by atoms with Crippen LogP contribution in [0.5, 0.6) is 0 Å². The number of hydrogen-bond acceptors (Lipinski definition) is 5. The number of rotatable bonds is 43. The maximum absolute atomic E-state index is 12.4. The average molecular weight is 762 g/mol. The van der Waals surface area contributed by atoms with Crippen LogP contribution in [0.1, 0.15) is 245 Å². The Hall–Kier alpha value is -1.66. The van der Waals surface area contributed by atoms with Crippen molar-refractivity contribution in [3.8, 4) is 0 Å². The number of hydrogen-bond donors (Lipinski definition) is 3. The largest absolute Gasteiger partial charge is 0.466 e. The minimum Gasteiger partial charge on any atom is -0.466 e. The van der Waals surface area contributed by atoms with Crippen LogP contribution >= 0.6 is 0 Å². The Morgan fingerprint density at radius 2 is 0.870 bits per heavy atom. The third kappa shape index (κ3) is 40.0.